The predicted molar refractivity (Wildman–Crippen MR) is 81.6 cm³/mol. The van der Waals surface area contributed by atoms with Gasteiger partial charge in [-0.1, -0.05) is 18.2 Å². The molecule has 2 aromatic rings. The number of amides is 2. The second kappa shape index (κ2) is 7.68. The second-order valence-corrected chi connectivity index (χ2v) is 4.27. The summed E-state index contributed by atoms with van der Waals surface area (Å²) in [5.41, 5.74) is 3.00. The second-order valence-electron chi connectivity index (χ2n) is 4.27. The molecule has 0 aliphatic rings. The van der Waals surface area contributed by atoms with Crippen LogP contribution in [0.2, 0.25) is 0 Å². The van der Waals surface area contributed by atoms with Gasteiger partial charge in [-0.3, -0.25) is 10.1 Å². The molecule has 0 saturated heterocycles. The molecule has 2 rings (SSSR count). The SMILES string of the molecule is CCOc1ccc(NC(=O)ONC(=O)c2ccccc2)cc1. The Morgan fingerprint density at radius 2 is 1.68 bits per heavy atom. The summed E-state index contributed by atoms with van der Waals surface area (Å²) in [6, 6.07) is 15.2. The van der Waals surface area contributed by atoms with E-state index in [1.54, 1.807) is 54.6 Å². The molecule has 0 saturated carbocycles. The molecule has 0 aliphatic carbocycles. The lowest BCUT2D eigenvalue weighted by Gasteiger charge is -2.08. The maximum atomic E-state index is 11.7. The highest BCUT2D eigenvalue weighted by atomic mass is 16.7. The molecule has 0 radical (unpaired) electrons. The van der Waals surface area contributed by atoms with Crippen LogP contribution in [-0.2, 0) is 4.84 Å². The number of anilines is 1. The first-order valence-electron chi connectivity index (χ1n) is 6.75. The smallest absolute Gasteiger partial charge is 0.436 e. The van der Waals surface area contributed by atoms with Crippen molar-refractivity contribution in [2.24, 2.45) is 0 Å². The minimum absolute atomic E-state index is 0.399. The fourth-order valence-electron chi connectivity index (χ4n) is 1.69. The predicted octanol–water partition coefficient (Wildman–Crippen LogP) is 2.98. The summed E-state index contributed by atoms with van der Waals surface area (Å²) in [6.07, 6.45) is -0.784. The molecule has 0 atom stereocenters. The highest BCUT2D eigenvalue weighted by Crippen LogP contribution is 2.15. The summed E-state index contributed by atoms with van der Waals surface area (Å²) < 4.78 is 5.29. The largest absolute Gasteiger partial charge is 0.494 e. The van der Waals surface area contributed by atoms with Gasteiger partial charge in [-0.25, -0.2) is 4.79 Å². The van der Waals surface area contributed by atoms with E-state index in [-0.39, 0.29) is 0 Å². The summed E-state index contributed by atoms with van der Waals surface area (Å²) in [5, 5.41) is 2.49. The number of carbonyl (C=O) groups excluding carboxylic acids is 2. The zero-order chi connectivity index (χ0) is 15.8. The van der Waals surface area contributed by atoms with Crippen molar-refractivity contribution in [3.05, 3.63) is 60.2 Å². The van der Waals surface area contributed by atoms with Crippen molar-refractivity contribution in [2.45, 2.75) is 6.92 Å². The van der Waals surface area contributed by atoms with Crippen molar-refractivity contribution in [1.82, 2.24) is 5.48 Å². The molecule has 0 aliphatic heterocycles. The summed E-state index contributed by atoms with van der Waals surface area (Å²) in [4.78, 5) is 27.9. The van der Waals surface area contributed by atoms with Gasteiger partial charge >= 0.3 is 6.09 Å². The van der Waals surface area contributed by atoms with Crippen molar-refractivity contribution in [3.63, 3.8) is 0 Å². The standard InChI is InChI=1S/C16H16N2O4/c1-2-21-14-10-8-13(9-11-14)17-16(20)22-18-15(19)12-6-4-3-5-7-12/h3-11H,2H2,1H3,(H,17,20)(H,18,19). The molecule has 0 fully saturated rings. The summed E-state index contributed by atoms with van der Waals surface area (Å²) >= 11 is 0. The van der Waals surface area contributed by atoms with Gasteiger partial charge in [-0.2, -0.15) is 5.48 Å². The number of hydroxylamine groups is 1. The van der Waals surface area contributed by atoms with E-state index in [1.165, 1.54) is 0 Å². The van der Waals surface area contributed by atoms with Gasteiger partial charge in [0.2, 0.25) is 0 Å². The molecule has 114 valence electrons. The molecule has 0 spiro atoms. The topological polar surface area (TPSA) is 76.7 Å². The van der Waals surface area contributed by atoms with Gasteiger partial charge in [0.1, 0.15) is 5.75 Å². The molecule has 0 aromatic heterocycles. The Labute approximate surface area is 128 Å². The third-order valence-corrected chi connectivity index (χ3v) is 2.68. The van der Waals surface area contributed by atoms with E-state index in [1.807, 2.05) is 6.92 Å². The minimum Gasteiger partial charge on any atom is -0.494 e. The van der Waals surface area contributed by atoms with Crippen LogP contribution >= 0.6 is 0 Å². The van der Waals surface area contributed by atoms with Crippen LogP contribution in [0.25, 0.3) is 0 Å². The molecule has 22 heavy (non-hydrogen) atoms. The summed E-state index contributed by atoms with van der Waals surface area (Å²) in [5.74, 6) is 0.209. The molecule has 6 nitrogen and oxygen atoms in total. The lowest BCUT2D eigenvalue weighted by atomic mass is 10.2. The van der Waals surface area contributed by atoms with Crippen molar-refractivity contribution < 1.29 is 19.2 Å². The Kier molecular flexibility index (Phi) is 5.37. The monoisotopic (exact) mass is 300 g/mol. The van der Waals surface area contributed by atoms with E-state index >= 15 is 0 Å². The number of rotatable bonds is 4. The average molecular weight is 300 g/mol. The number of carbonyl (C=O) groups is 2. The van der Waals surface area contributed by atoms with E-state index < -0.39 is 12.0 Å². The first kappa shape index (κ1) is 15.4. The van der Waals surface area contributed by atoms with Gasteiger partial charge < -0.3 is 9.57 Å². The van der Waals surface area contributed by atoms with E-state index in [4.69, 9.17) is 4.74 Å². The van der Waals surface area contributed by atoms with Crippen LogP contribution in [0.3, 0.4) is 0 Å². The van der Waals surface area contributed by atoms with Gasteiger partial charge in [0.05, 0.1) is 6.61 Å². The van der Waals surface area contributed by atoms with Crippen LogP contribution in [-0.4, -0.2) is 18.6 Å². The Balaban J connectivity index is 1.81. The number of benzene rings is 2. The molecule has 2 N–H and O–H groups in total. The van der Waals surface area contributed by atoms with E-state index in [9.17, 15) is 9.59 Å². The fraction of sp³-hybridized carbons (Fsp3) is 0.125. The first-order chi connectivity index (χ1) is 10.7. The Hall–Kier alpha value is -3.02. The molecule has 2 aromatic carbocycles. The van der Waals surface area contributed by atoms with Crippen molar-refractivity contribution in [1.29, 1.82) is 0 Å². The molecular weight excluding hydrogens is 284 g/mol. The zero-order valence-corrected chi connectivity index (χ0v) is 12.0. The van der Waals surface area contributed by atoms with Crippen LogP contribution < -0.4 is 15.5 Å². The average Bonchev–Trinajstić information content (AvgIpc) is 2.55. The maximum absolute atomic E-state index is 11.7. The highest BCUT2D eigenvalue weighted by Gasteiger charge is 2.08. The summed E-state index contributed by atoms with van der Waals surface area (Å²) in [7, 11) is 0. The molecule has 2 amide bonds. The third kappa shape index (κ3) is 4.52. The molecule has 0 heterocycles. The summed E-state index contributed by atoms with van der Waals surface area (Å²) in [6.45, 7) is 2.46. The minimum atomic E-state index is -0.784. The quantitative estimate of drug-likeness (QED) is 0.851. The molecular formula is C16H16N2O4. The lowest BCUT2D eigenvalue weighted by Crippen LogP contribution is -2.29. The van der Waals surface area contributed by atoms with Crippen LogP contribution in [0.4, 0.5) is 10.5 Å². The number of ether oxygens (including phenoxy) is 1. The first-order valence-corrected chi connectivity index (χ1v) is 6.75. The molecule has 0 unspecified atom stereocenters. The lowest BCUT2D eigenvalue weighted by molar-refractivity contribution is 0.0615. The van der Waals surface area contributed by atoms with E-state index in [2.05, 4.69) is 15.6 Å². The number of hydrogen-bond donors (Lipinski definition) is 2. The number of hydrogen-bond acceptors (Lipinski definition) is 4. The van der Waals surface area contributed by atoms with Gasteiger partial charge in [-0.05, 0) is 43.3 Å². The van der Waals surface area contributed by atoms with Crippen molar-refractivity contribution >= 4 is 17.7 Å². The van der Waals surface area contributed by atoms with Crippen LogP contribution in [0.5, 0.6) is 5.75 Å². The highest BCUT2D eigenvalue weighted by molar-refractivity contribution is 5.94. The van der Waals surface area contributed by atoms with Gasteiger partial charge in [0.25, 0.3) is 5.91 Å². The van der Waals surface area contributed by atoms with Crippen molar-refractivity contribution in [2.75, 3.05) is 11.9 Å². The Morgan fingerprint density at radius 1 is 1.00 bits per heavy atom. The molecule has 0 bridgehead atoms. The van der Waals surface area contributed by atoms with Crippen LogP contribution in [0, 0.1) is 0 Å². The van der Waals surface area contributed by atoms with E-state index in [0.29, 0.717) is 23.6 Å². The van der Waals surface area contributed by atoms with Crippen LogP contribution in [0.1, 0.15) is 17.3 Å². The zero-order valence-electron chi connectivity index (χ0n) is 12.0. The van der Waals surface area contributed by atoms with Gasteiger partial charge in [0, 0.05) is 11.3 Å². The maximum Gasteiger partial charge on any atom is 0.436 e. The van der Waals surface area contributed by atoms with E-state index in [0.717, 1.165) is 0 Å². The fourth-order valence-corrected chi connectivity index (χ4v) is 1.69. The Bertz CT molecular complexity index is 626. The Morgan fingerprint density at radius 3 is 2.32 bits per heavy atom. The number of nitrogens with one attached hydrogen (secondary N) is 2. The van der Waals surface area contributed by atoms with Crippen molar-refractivity contribution in [3.8, 4) is 5.75 Å². The molecule has 6 heteroatoms. The van der Waals surface area contributed by atoms with Gasteiger partial charge in [0.15, 0.2) is 0 Å². The normalized spacial score (nSPS) is 9.68. The third-order valence-electron chi connectivity index (χ3n) is 2.68. The van der Waals surface area contributed by atoms with Crippen LogP contribution in [0.15, 0.2) is 54.6 Å². The van der Waals surface area contributed by atoms with Gasteiger partial charge in [-0.15, -0.1) is 0 Å².